The van der Waals surface area contributed by atoms with Crippen LogP contribution < -0.4 is 0 Å². The Morgan fingerprint density at radius 3 is 2.54 bits per heavy atom. The van der Waals surface area contributed by atoms with Gasteiger partial charge in [0.15, 0.2) is 0 Å². The second-order valence-electron chi connectivity index (χ2n) is 4.23. The van der Waals surface area contributed by atoms with Crippen molar-refractivity contribution in [1.82, 2.24) is 4.90 Å². The lowest BCUT2D eigenvalue weighted by atomic mass is 9.94. The first-order valence-corrected chi connectivity index (χ1v) is 5.18. The Hall–Kier alpha value is -0.0500. The maximum atomic E-state index is 9.72. The highest BCUT2D eigenvalue weighted by Gasteiger charge is 2.26. The van der Waals surface area contributed by atoms with E-state index in [-0.39, 0.29) is 0 Å². The molecule has 0 amide bonds. The maximum Gasteiger partial charge on any atom is 0.0644 e. The van der Waals surface area contributed by atoms with Crippen molar-refractivity contribution in [3.63, 3.8) is 0 Å². The number of halogens is 1. The highest BCUT2D eigenvalue weighted by molar-refractivity contribution is 6.25. The quantitative estimate of drug-likeness (QED) is 0.742. The Labute approximate surface area is 85.2 Å². The van der Waals surface area contributed by atoms with Crippen molar-refractivity contribution in [1.29, 1.82) is 0 Å². The molecule has 0 aromatic carbocycles. The van der Waals surface area contributed by atoms with Gasteiger partial charge < -0.3 is 5.11 Å². The van der Waals surface area contributed by atoms with Gasteiger partial charge in [-0.3, -0.25) is 4.90 Å². The van der Waals surface area contributed by atoms with Crippen LogP contribution in [0.4, 0.5) is 0 Å². The van der Waals surface area contributed by atoms with Crippen LogP contribution in [-0.2, 0) is 0 Å². The van der Waals surface area contributed by atoms with Gasteiger partial charge in [-0.25, -0.2) is 0 Å². The molecule has 1 N–H and O–H groups in total. The fourth-order valence-corrected chi connectivity index (χ4v) is 1.65. The third kappa shape index (κ3) is 3.67. The second kappa shape index (κ2) is 4.45. The van der Waals surface area contributed by atoms with Gasteiger partial charge in [-0.2, -0.15) is 0 Å². The van der Waals surface area contributed by atoms with Crippen LogP contribution in [0.25, 0.3) is 0 Å². The van der Waals surface area contributed by atoms with Crippen molar-refractivity contribution in [3.05, 3.63) is 11.1 Å². The summed E-state index contributed by atoms with van der Waals surface area (Å²) >= 11 is 5.59. The number of likely N-dealkylation sites (tertiary alicyclic amines) is 1. The zero-order chi connectivity index (χ0) is 9.90. The number of piperidine rings is 1. The molecule has 1 aliphatic heterocycles. The Balaban J connectivity index is 2.33. The monoisotopic (exact) mass is 203 g/mol. The van der Waals surface area contributed by atoms with Gasteiger partial charge in [0.05, 0.1) is 5.60 Å². The van der Waals surface area contributed by atoms with Crippen LogP contribution in [0.2, 0.25) is 0 Å². The van der Waals surface area contributed by atoms with E-state index in [0.29, 0.717) is 0 Å². The van der Waals surface area contributed by atoms with Crippen LogP contribution >= 0.6 is 11.6 Å². The van der Waals surface area contributed by atoms with Gasteiger partial charge in [-0.1, -0.05) is 11.6 Å². The van der Waals surface area contributed by atoms with Gasteiger partial charge in [0, 0.05) is 25.2 Å². The number of hydrogen-bond acceptors (Lipinski definition) is 2. The number of rotatable bonds is 2. The van der Waals surface area contributed by atoms with E-state index in [9.17, 15) is 5.11 Å². The molecule has 3 heteroatoms. The van der Waals surface area contributed by atoms with Gasteiger partial charge in [0.1, 0.15) is 0 Å². The molecule has 0 spiro atoms. The molecule has 0 aromatic rings. The van der Waals surface area contributed by atoms with Crippen LogP contribution in [0.5, 0.6) is 0 Å². The van der Waals surface area contributed by atoms with Gasteiger partial charge in [-0.05, 0) is 32.3 Å². The molecule has 1 saturated heterocycles. The first-order valence-electron chi connectivity index (χ1n) is 4.74. The van der Waals surface area contributed by atoms with E-state index in [0.717, 1.165) is 32.5 Å². The molecule has 0 aromatic heterocycles. The summed E-state index contributed by atoms with van der Waals surface area (Å²) in [5.41, 5.74) is 2.37. The maximum absolute atomic E-state index is 9.72. The molecule has 1 aliphatic rings. The van der Waals surface area contributed by atoms with E-state index in [1.807, 2.05) is 13.8 Å². The average Bonchev–Trinajstić information content (AvgIpc) is 2.08. The summed E-state index contributed by atoms with van der Waals surface area (Å²) in [5, 5.41) is 9.72. The Morgan fingerprint density at radius 2 is 2.08 bits per heavy atom. The summed E-state index contributed by atoms with van der Waals surface area (Å²) in [6.45, 7) is 6.80. The summed E-state index contributed by atoms with van der Waals surface area (Å²) in [6, 6.07) is 0. The van der Waals surface area contributed by atoms with Crippen LogP contribution in [0.3, 0.4) is 0 Å². The molecule has 0 unspecified atom stereocenters. The SMILES string of the molecule is CC(=CCl)CN1CCC(C)(O)CC1. The molecular formula is C10H18ClNO. The number of hydrogen-bond donors (Lipinski definition) is 1. The van der Waals surface area contributed by atoms with Crippen molar-refractivity contribution < 1.29 is 5.11 Å². The molecule has 0 bridgehead atoms. The van der Waals surface area contributed by atoms with E-state index in [1.165, 1.54) is 5.57 Å². The van der Waals surface area contributed by atoms with Crippen LogP contribution in [0, 0.1) is 0 Å². The molecule has 1 rings (SSSR count). The van der Waals surface area contributed by atoms with Crippen LogP contribution in [-0.4, -0.2) is 35.2 Å². The molecule has 0 aliphatic carbocycles. The van der Waals surface area contributed by atoms with E-state index in [4.69, 9.17) is 11.6 Å². The molecule has 1 fully saturated rings. The first kappa shape index (κ1) is 11.0. The zero-order valence-corrected chi connectivity index (χ0v) is 9.14. The van der Waals surface area contributed by atoms with Crippen molar-refractivity contribution in [2.75, 3.05) is 19.6 Å². The summed E-state index contributed by atoms with van der Waals surface area (Å²) < 4.78 is 0. The van der Waals surface area contributed by atoms with E-state index in [2.05, 4.69) is 4.90 Å². The minimum Gasteiger partial charge on any atom is -0.390 e. The smallest absolute Gasteiger partial charge is 0.0644 e. The molecule has 13 heavy (non-hydrogen) atoms. The predicted octanol–water partition coefficient (Wildman–Crippen LogP) is 1.98. The third-order valence-electron chi connectivity index (χ3n) is 2.59. The topological polar surface area (TPSA) is 23.5 Å². The average molecular weight is 204 g/mol. The number of aliphatic hydroxyl groups is 1. The molecule has 1 heterocycles. The highest BCUT2D eigenvalue weighted by Crippen LogP contribution is 2.21. The molecular weight excluding hydrogens is 186 g/mol. The van der Waals surface area contributed by atoms with Gasteiger partial charge in [0.25, 0.3) is 0 Å². The zero-order valence-electron chi connectivity index (χ0n) is 8.39. The van der Waals surface area contributed by atoms with Gasteiger partial charge in [0.2, 0.25) is 0 Å². The summed E-state index contributed by atoms with van der Waals surface area (Å²) in [6.07, 6.45) is 1.73. The minimum absolute atomic E-state index is 0.449. The van der Waals surface area contributed by atoms with E-state index in [1.54, 1.807) is 5.54 Å². The van der Waals surface area contributed by atoms with Crippen LogP contribution in [0.1, 0.15) is 26.7 Å². The Morgan fingerprint density at radius 1 is 1.54 bits per heavy atom. The minimum atomic E-state index is -0.449. The summed E-state index contributed by atoms with van der Waals surface area (Å²) in [5.74, 6) is 0. The first-order chi connectivity index (χ1) is 6.03. The lowest BCUT2D eigenvalue weighted by Crippen LogP contribution is -2.42. The lowest BCUT2D eigenvalue weighted by molar-refractivity contribution is -0.00301. The Bertz CT molecular complexity index is 191. The number of nitrogens with zero attached hydrogens (tertiary/aromatic N) is 1. The predicted molar refractivity (Wildman–Crippen MR) is 55.9 cm³/mol. The third-order valence-corrected chi connectivity index (χ3v) is 2.97. The molecule has 0 atom stereocenters. The molecule has 0 radical (unpaired) electrons. The van der Waals surface area contributed by atoms with Crippen LogP contribution in [0.15, 0.2) is 11.1 Å². The van der Waals surface area contributed by atoms with Crippen molar-refractivity contribution in [3.8, 4) is 0 Å². The Kier molecular flexibility index (Phi) is 3.77. The molecule has 2 nitrogen and oxygen atoms in total. The standard InChI is InChI=1S/C10H18ClNO/c1-9(7-11)8-12-5-3-10(2,13)4-6-12/h7,13H,3-6,8H2,1-2H3. The molecule has 76 valence electrons. The highest BCUT2D eigenvalue weighted by atomic mass is 35.5. The van der Waals surface area contributed by atoms with E-state index < -0.39 is 5.60 Å². The van der Waals surface area contributed by atoms with Crippen molar-refractivity contribution in [2.24, 2.45) is 0 Å². The normalized spacial score (nSPS) is 24.8. The summed E-state index contributed by atoms with van der Waals surface area (Å²) in [4.78, 5) is 2.33. The van der Waals surface area contributed by atoms with Gasteiger partial charge in [-0.15, -0.1) is 0 Å². The fourth-order valence-electron chi connectivity index (χ4n) is 1.58. The second-order valence-corrected chi connectivity index (χ2v) is 4.45. The summed E-state index contributed by atoms with van der Waals surface area (Å²) in [7, 11) is 0. The fraction of sp³-hybridized carbons (Fsp3) is 0.800. The van der Waals surface area contributed by atoms with E-state index >= 15 is 0 Å². The van der Waals surface area contributed by atoms with Crippen molar-refractivity contribution >= 4 is 11.6 Å². The van der Waals surface area contributed by atoms with Crippen molar-refractivity contribution in [2.45, 2.75) is 32.3 Å². The lowest BCUT2D eigenvalue weighted by Gasteiger charge is -2.35. The largest absolute Gasteiger partial charge is 0.390 e. The molecule has 0 saturated carbocycles. The van der Waals surface area contributed by atoms with Gasteiger partial charge >= 0.3 is 0 Å².